The highest BCUT2D eigenvalue weighted by atomic mass is 35.5. The summed E-state index contributed by atoms with van der Waals surface area (Å²) in [6, 6.07) is 16.2. The van der Waals surface area contributed by atoms with Crippen LogP contribution in [0.25, 0.3) is 0 Å². The van der Waals surface area contributed by atoms with Gasteiger partial charge in [-0.1, -0.05) is 54.1 Å². The maximum absolute atomic E-state index is 12.1. The number of ketones is 1. The standard InChI is InChI=1S/C18H19ClN2O2/c19-15-8-6-13(7-9-15)10-16(11-18(20)23)21-12-17(22)14-4-2-1-3-5-14/h1-9,16,21H,10-12H2,(H2,20,23)/t16-/m0/s1. The summed E-state index contributed by atoms with van der Waals surface area (Å²) in [6.45, 7) is 0.162. The summed E-state index contributed by atoms with van der Waals surface area (Å²) >= 11 is 5.87. The first kappa shape index (κ1) is 17.2. The summed E-state index contributed by atoms with van der Waals surface area (Å²) in [6.07, 6.45) is 0.771. The van der Waals surface area contributed by atoms with Crippen LogP contribution >= 0.6 is 11.6 Å². The van der Waals surface area contributed by atoms with E-state index < -0.39 is 5.91 Å². The second-order valence-electron chi connectivity index (χ2n) is 5.37. The number of carbonyl (C=O) groups is 2. The van der Waals surface area contributed by atoms with Gasteiger partial charge in [0.1, 0.15) is 0 Å². The Kier molecular flexibility index (Phi) is 6.32. The van der Waals surface area contributed by atoms with Crippen LogP contribution in [0.2, 0.25) is 5.02 Å². The molecule has 0 aliphatic heterocycles. The molecule has 0 saturated carbocycles. The molecule has 0 aliphatic carbocycles. The number of nitrogens with two attached hydrogens (primary N) is 1. The number of halogens is 1. The summed E-state index contributed by atoms with van der Waals surface area (Å²) in [7, 11) is 0. The molecule has 0 fully saturated rings. The van der Waals surface area contributed by atoms with Crippen LogP contribution < -0.4 is 11.1 Å². The van der Waals surface area contributed by atoms with Gasteiger partial charge in [-0.25, -0.2) is 0 Å². The van der Waals surface area contributed by atoms with Crippen LogP contribution in [0.4, 0.5) is 0 Å². The van der Waals surface area contributed by atoms with Gasteiger partial charge in [-0.15, -0.1) is 0 Å². The van der Waals surface area contributed by atoms with Crippen LogP contribution in [0.3, 0.4) is 0 Å². The molecule has 0 bridgehead atoms. The topological polar surface area (TPSA) is 72.2 Å². The first-order valence-electron chi connectivity index (χ1n) is 7.39. The second kappa shape index (κ2) is 8.46. The molecule has 2 rings (SSSR count). The van der Waals surface area contributed by atoms with Gasteiger partial charge in [0.05, 0.1) is 6.54 Å². The lowest BCUT2D eigenvalue weighted by atomic mass is 10.0. The lowest BCUT2D eigenvalue weighted by Gasteiger charge is -2.17. The second-order valence-corrected chi connectivity index (χ2v) is 5.80. The van der Waals surface area contributed by atoms with E-state index in [0.29, 0.717) is 17.0 Å². The van der Waals surface area contributed by atoms with E-state index in [4.69, 9.17) is 17.3 Å². The quantitative estimate of drug-likeness (QED) is 0.731. The highest BCUT2D eigenvalue weighted by Gasteiger charge is 2.14. The average Bonchev–Trinajstić information content (AvgIpc) is 2.55. The predicted octanol–water partition coefficient (Wildman–Crippen LogP) is 2.60. The molecule has 0 radical (unpaired) electrons. The molecular formula is C18H19ClN2O2. The number of Topliss-reactive ketones (excluding diaryl/α,β-unsaturated/α-hetero) is 1. The van der Waals surface area contributed by atoms with Crippen molar-refractivity contribution < 1.29 is 9.59 Å². The zero-order valence-corrected chi connectivity index (χ0v) is 13.4. The zero-order chi connectivity index (χ0) is 16.7. The Morgan fingerprint density at radius 2 is 1.70 bits per heavy atom. The third kappa shape index (κ3) is 5.85. The third-order valence-corrected chi connectivity index (χ3v) is 3.74. The zero-order valence-electron chi connectivity index (χ0n) is 12.7. The number of primary amides is 1. The van der Waals surface area contributed by atoms with E-state index in [0.717, 1.165) is 5.56 Å². The molecule has 2 aromatic carbocycles. The molecule has 120 valence electrons. The Balaban J connectivity index is 1.96. The minimum atomic E-state index is -0.399. The van der Waals surface area contributed by atoms with E-state index >= 15 is 0 Å². The van der Waals surface area contributed by atoms with E-state index in [1.165, 1.54) is 0 Å². The van der Waals surface area contributed by atoms with Crippen molar-refractivity contribution in [1.29, 1.82) is 0 Å². The molecule has 0 saturated heterocycles. The van der Waals surface area contributed by atoms with Gasteiger partial charge in [0, 0.05) is 23.0 Å². The Labute approximate surface area is 140 Å². The van der Waals surface area contributed by atoms with Crippen LogP contribution in [-0.2, 0) is 11.2 Å². The lowest BCUT2D eigenvalue weighted by Crippen LogP contribution is -2.38. The molecule has 0 unspecified atom stereocenters. The normalized spacial score (nSPS) is 11.9. The monoisotopic (exact) mass is 330 g/mol. The van der Waals surface area contributed by atoms with Crippen molar-refractivity contribution in [2.75, 3.05) is 6.54 Å². The number of rotatable bonds is 8. The molecule has 4 nitrogen and oxygen atoms in total. The maximum atomic E-state index is 12.1. The summed E-state index contributed by atoms with van der Waals surface area (Å²) in [5.74, 6) is -0.417. The van der Waals surface area contributed by atoms with Crippen molar-refractivity contribution in [3.8, 4) is 0 Å². The highest BCUT2D eigenvalue weighted by Crippen LogP contribution is 2.12. The van der Waals surface area contributed by atoms with Crippen molar-refractivity contribution in [2.45, 2.75) is 18.9 Å². The SMILES string of the molecule is NC(=O)C[C@H](Cc1ccc(Cl)cc1)NCC(=O)c1ccccc1. The summed E-state index contributed by atoms with van der Waals surface area (Å²) in [5, 5.41) is 3.79. The van der Waals surface area contributed by atoms with Crippen LogP contribution in [0.5, 0.6) is 0 Å². The first-order valence-corrected chi connectivity index (χ1v) is 7.77. The fourth-order valence-corrected chi connectivity index (χ4v) is 2.45. The number of hydrogen-bond donors (Lipinski definition) is 2. The largest absolute Gasteiger partial charge is 0.370 e. The maximum Gasteiger partial charge on any atom is 0.218 e. The number of benzene rings is 2. The Hall–Kier alpha value is -2.17. The molecule has 0 aromatic heterocycles. The highest BCUT2D eigenvalue weighted by molar-refractivity contribution is 6.30. The fourth-order valence-electron chi connectivity index (χ4n) is 2.33. The molecule has 1 atom stereocenters. The van der Waals surface area contributed by atoms with Crippen molar-refractivity contribution in [2.24, 2.45) is 5.73 Å². The van der Waals surface area contributed by atoms with E-state index in [2.05, 4.69) is 5.32 Å². The van der Waals surface area contributed by atoms with Gasteiger partial charge in [0.25, 0.3) is 0 Å². The summed E-state index contributed by atoms with van der Waals surface area (Å²) < 4.78 is 0. The number of amides is 1. The van der Waals surface area contributed by atoms with Crippen LogP contribution in [0, 0.1) is 0 Å². The summed E-state index contributed by atoms with van der Waals surface area (Å²) in [5.41, 5.74) is 6.97. The van der Waals surface area contributed by atoms with E-state index in [1.54, 1.807) is 24.3 Å². The number of carbonyl (C=O) groups excluding carboxylic acids is 2. The molecular weight excluding hydrogens is 312 g/mol. The van der Waals surface area contributed by atoms with Crippen molar-refractivity contribution >= 4 is 23.3 Å². The van der Waals surface area contributed by atoms with E-state index in [-0.39, 0.29) is 24.8 Å². The molecule has 2 aromatic rings. The Bertz CT molecular complexity index is 656. The van der Waals surface area contributed by atoms with Gasteiger partial charge >= 0.3 is 0 Å². The van der Waals surface area contributed by atoms with Crippen molar-refractivity contribution in [3.63, 3.8) is 0 Å². The smallest absolute Gasteiger partial charge is 0.218 e. The molecule has 3 N–H and O–H groups in total. The molecule has 5 heteroatoms. The molecule has 1 amide bonds. The lowest BCUT2D eigenvalue weighted by molar-refractivity contribution is -0.118. The third-order valence-electron chi connectivity index (χ3n) is 3.49. The minimum Gasteiger partial charge on any atom is -0.370 e. The van der Waals surface area contributed by atoms with E-state index in [9.17, 15) is 9.59 Å². The average molecular weight is 331 g/mol. The van der Waals surface area contributed by atoms with E-state index in [1.807, 2.05) is 30.3 Å². The number of hydrogen-bond acceptors (Lipinski definition) is 3. The molecule has 23 heavy (non-hydrogen) atoms. The van der Waals surface area contributed by atoms with Gasteiger partial charge in [-0.2, -0.15) is 0 Å². The minimum absolute atomic E-state index is 0.0174. The van der Waals surface area contributed by atoms with Crippen LogP contribution in [0.15, 0.2) is 54.6 Å². The van der Waals surface area contributed by atoms with Crippen molar-refractivity contribution in [3.05, 3.63) is 70.7 Å². The van der Waals surface area contributed by atoms with Gasteiger partial charge in [0.2, 0.25) is 5.91 Å². The molecule has 0 spiro atoms. The fraction of sp³-hybridized carbons (Fsp3) is 0.222. The molecule has 0 heterocycles. The summed E-state index contributed by atoms with van der Waals surface area (Å²) in [4.78, 5) is 23.4. The first-order chi connectivity index (χ1) is 11.0. The van der Waals surface area contributed by atoms with Crippen LogP contribution in [0.1, 0.15) is 22.3 Å². The van der Waals surface area contributed by atoms with Gasteiger partial charge in [0.15, 0.2) is 5.78 Å². The van der Waals surface area contributed by atoms with Crippen LogP contribution in [-0.4, -0.2) is 24.3 Å². The Morgan fingerprint density at radius 1 is 1.04 bits per heavy atom. The predicted molar refractivity (Wildman–Crippen MR) is 91.5 cm³/mol. The van der Waals surface area contributed by atoms with Crippen molar-refractivity contribution in [1.82, 2.24) is 5.32 Å². The van der Waals surface area contributed by atoms with Gasteiger partial charge < -0.3 is 11.1 Å². The number of nitrogens with one attached hydrogen (secondary N) is 1. The van der Waals surface area contributed by atoms with Gasteiger partial charge in [-0.3, -0.25) is 9.59 Å². The Morgan fingerprint density at radius 3 is 2.30 bits per heavy atom. The van der Waals surface area contributed by atoms with Gasteiger partial charge in [-0.05, 0) is 24.1 Å². The molecule has 0 aliphatic rings.